The van der Waals surface area contributed by atoms with Gasteiger partial charge in [-0.05, 0) is 19.1 Å². The summed E-state index contributed by atoms with van der Waals surface area (Å²) in [7, 11) is -1.41. The summed E-state index contributed by atoms with van der Waals surface area (Å²) >= 11 is 0. The summed E-state index contributed by atoms with van der Waals surface area (Å²) in [5.41, 5.74) is -0.916. The van der Waals surface area contributed by atoms with Crippen LogP contribution in [0.5, 0.6) is 0 Å². The Bertz CT molecular complexity index is 617. The Morgan fingerprint density at radius 1 is 1.33 bits per heavy atom. The van der Waals surface area contributed by atoms with E-state index >= 15 is 0 Å². The second kappa shape index (κ2) is 6.89. The van der Waals surface area contributed by atoms with Crippen LogP contribution < -0.4 is 4.72 Å². The van der Waals surface area contributed by atoms with E-state index in [1.54, 1.807) is 0 Å². The van der Waals surface area contributed by atoms with Gasteiger partial charge in [-0.3, -0.25) is 10.1 Å². The van der Waals surface area contributed by atoms with Crippen molar-refractivity contribution in [1.29, 1.82) is 0 Å². The fraction of sp³-hybridized carbons (Fsp3) is 0.455. The molecule has 21 heavy (non-hydrogen) atoms. The van der Waals surface area contributed by atoms with Gasteiger partial charge in [0.05, 0.1) is 15.9 Å². The van der Waals surface area contributed by atoms with Crippen molar-refractivity contribution in [1.82, 2.24) is 4.72 Å². The van der Waals surface area contributed by atoms with Crippen LogP contribution in [0.1, 0.15) is 6.92 Å². The average Bonchev–Trinajstić information content (AvgIpc) is 2.39. The van der Waals surface area contributed by atoms with Crippen molar-refractivity contribution in [2.75, 3.05) is 14.2 Å². The molecule has 118 valence electrons. The zero-order chi connectivity index (χ0) is 16.2. The first-order valence-corrected chi connectivity index (χ1v) is 7.23. The van der Waals surface area contributed by atoms with Crippen LogP contribution in [0.4, 0.5) is 10.1 Å². The molecule has 0 saturated carbocycles. The number of ether oxygens (including phenoxy) is 2. The zero-order valence-electron chi connectivity index (χ0n) is 11.6. The minimum Gasteiger partial charge on any atom is -0.354 e. The van der Waals surface area contributed by atoms with Crippen molar-refractivity contribution < 1.29 is 27.2 Å². The minimum absolute atomic E-state index is 0.423. The van der Waals surface area contributed by atoms with E-state index in [9.17, 15) is 22.9 Å². The lowest BCUT2D eigenvalue weighted by atomic mass is 10.3. The molecule has 1 rings (SSSR count). The lowest BCUT2D eigenvalue weighted by Crippen LogP contribution is -2.42. The standard InChI is InChI=1S/C11H15FN2O6S/c1-7(11(19-2)20-3)13-21(17,18)8-4-5-9(12)10(6-8)14(15)16/h4-7,11,13H,1-3H3. The van der Waals surface area contributed by atoms with E-state index in [-0.39, 0.29) is 0 Å². The molecular weight excluding hydrogens is 307 g/mol. The molecule has 0 aliphatic rings. The molecule has 1 N–H and O–H groups in total. The maximum absolute atomic E-state index is 13.2. The Kier molecular flexibility index (Phi) is 5.72. The number of halogens is 1. The number of hydrogen-bond donors (Lipinski definition) is 1. The normalized spacial score (nSPS) is 13.4. The highest BCUT2D eigenvalue weighted by molar-refractivity contribution is 7.89. The van der Waals surface area contributed by atoms with Gasteiger partial charge in [-0.25, -0.2) is 13.1 Å². The zero-order valence-corrected chi connectivity index (χ0v) is 12.4. The summed E-state index contributed by atoms with van der Waals surface area (Å²) in [6, 6.07) is 1.56. The predicted molar refractivity (Wildman–Crippen MR) is 70.6 cm³/mol. The van der Waals surface area contributed by atoms with Crippen LogP contribution in [0.2, 0.25) is 0 Å². The maximum Gasteiger partial charge on any atom is 0.306 e. The van der Waals surface area contributed by atoms with Gasteiger partial charge in [0.1, 0.15) is 0 Å². The SMILES string of the molecule is COC(OC)C(C)NS(=O)(=O)c1ccc(F)c([N+](=O)[O-])c1. The van der Waals surface area contributed by atoms with Gasteiger partial charge in [0.25, 0.3) is 0 Å². The van der Waals surface area contributed by atoms with Gasteiger partial charge in [-0.15, -0.1) is 0 Å². The van der Waals surface area contributed by atoms with Crippen LogP contribution in [0.25, 0.3) is 0 Å². The average molecular weight is 322 g/mol. The summed E-state index contributed by atoms with van der Waals surface area (Å²) in [6.07, 6.45) is -0.838. The quantitative estimate of drug-likeness (QED) is 0.456. The lowest BCUT2D eigenvalue weighted by Gasteiger charge is -2.21. The number of nitro groups is 1. The minimum atomic E-state index is -4.08. The first-order valence-electron chi connectivity index (χ1n) is 5.74. The molecule has 1 atom stereocenters. The van der Waals surface area contributed by atoms with Crippen LogP contribution in [0.3, 0.4) is 0 Å². The summed E-state index contributed by atoms with van der Waals surface area (Å²) in [5.74, 6) is -1.11. The summed E-state index contributed by atoms with van der Waals surface area (Å²) in [4.78, 5) is 9.22. The lowest BCUT2D eigenvalue weighted by molar-refractivity contribution is -0.387. The molecule has 0 fully saturated rings. The first kappa shape index (κ1) is 17.4. The Balaban J connectivity index is 3.09. The molecule has 1 aromatic rings. The van der Waals surface area contributed by atoms with Crippen LogP contribution in [0, 0.1) is 15.9 Å². The van der Waals surface area contributed by atoms with E-state index in [1.165, 1.54) is 21.1 Å². The van der Waals surface area contributed by atoms with Crippen LogP contribution >= 0.6 is 0 Å². The number of benzene rings is 1. The van der Waals surface area contributed by atoms with Gasteiger partial charge in [-0.1, -0.05) is 0 Å². The molecule has 0 aromatic heterocycles. The second-order valence-corrected chi connectivity index (χ2v) is 5.83. The van der Waals surface area contributed by atoms with E-state index in [2.05, 4.69) is 4.72 Å². The molecule has 0 bridgehead atoms. The van der Waals surface area contributed by atoms with Gasteiger partial charge < -0.3 is 9.47 Å². The van der Waals surface area contributed by atoms with E-state index < -0.39 is 43.7 Å². The van der Waals surface area contributed by atoms with E-state index in [0.29, 0.717) is 6.07 Å². The highest BCUT2D eigenvalue weighted by Crippen LogP contribution is 2.21. The number of nitrogens with one attached hydrogen (secondary N) is 1. The Morgan fingerprint density at radius 3 is 2.38 bits per heavy atom. The molecule has 1 aromatic carbocycles. The Hall–Kier alpha value is -1.62. The topological polar surface area (TPSA) is 108 Å². The number of nitrogens with zero attached hydrogens (tertiary/aromatic N) is 1. The Labute approximate surface area is 121 Å². The summed E-state index contributed by atoms with van der Waals surface area (Å²) in [5, 5.41) is 10.6. The van der Waals surface area contributed by atoms with E-state index in [4.69, 9.17) is 9.47 Å². The number of methoxy groups -OCH3 is 2. The van der Waals surface area contributed by atoms with Crippen molar-refractivity contribution in [2.45, 2.75) is 24.2 Å². The number of hydrogen-bond acceptors (Lipinski definition) is 6. The van der Waals surface area contributed by atoms with Gasteiger partial charge in [0.2, 0.25) is 15.8 Å². The van der Waals surface area contributed by atoms with Gasteiger partial charge in [-0.2, -0.15) is 4.39 Å². The van der Waals surface area contributed by atoms with Crippen LogP contribution in [-0.4, -0.2) is 39.9 Å². The molecule has 1 unspecified atom stereocenters. The first-order chi connectivity index (χ1) is 9.72. The predicted octanol–water partition coefficient (Wildman–Crippen LogP) is 1.02. The van der Waals surface area contributed by atoms with Crippen molar-refractivity contribution in [3.63, 3.8) is 0 Å². The molecule has 0 aliphatic heterocycles. The number of rotatable bonds is 7. The summed E-state index contributed by atoms with van der Waals surface area (Å²) < 4.78 is 49.5. The molecule has 10 heteroatoms. The third-order valence-corrected chi connectivity index (χ3v) is 4.20. The highest BCUT2D eigenvalue weighted by Gasteiger charge is 2.26. The van der Waals surface area contributed by atoms with Crippen molar-refractivity contribution in [3.8, 4) is 0 Å². The third-order valence-electron chi connectivity index (χ3n) is 2.64. The van der Waals surface area contributed by atoms with Crippen LogP contribution in [-0.2, 0) is 19.5 Å². The molecule has 0 saturated heterocycles. The smallest absolute Gasteiger partial charge is 0.306 e. The van der Waals surface area contributed by atoms with Gasteiger partial charge in [0, 0.05) is 20.3 Å². The highest BCUT2D eigenvalue weighted by atomic mass is 32.2. The number of nitro benzene ring substituents is 1. The van der Waals surface area contributed by atoms with Crippen molar-refractivity contribution in [2.24, 2.45) is 0 Å². The Morgan fingerprint density at radius 2 is 1.90 bits per heavy atom. The molecule has 0 spiro atoms. The van der Waals surface area contributed by atoms with E-state index in [0.717, 1.165) is 12.1 Å². The van der Waals surface area contributed by atoms with E-state index in [1.807, 2.05) is 0 Å². The van der Waals surface area contributed by atoms with Crippen molar-refractivity contribution >= 4 is 15.7 Å². The van der Waals surface area contributed by atoms with Gasteiger partial charge in [0.15, 0.2) is 6.29 Å². The molecule has 0 heterocycles. The molecule has 0 radical (unpaired) electrons. The summed E-state index contributed by atoms with van der Waals surface area (Å²) in [6.45, 7) is 1.49. The largest absolute Gasteiger partial charge is 0.354 e. The molecular formula is C11H15FN2O6S. The fourth-order valence-electron chi connectivity index (χ4n) is 1.67. The van der Waals surface area contributed by atoms with Crippen molar-refractivity contribution in [3.05, 3.63) is 34.1 Å². The second-order valence-electron chi connectivity index (χ2n) is 4.12. The van der Waals surface area contributed by atoms with Gasteiger partial charge >= 0.3 is 5.69 Å². The maximum atomic E-state index is 13.2. The third kappa shape index (κ3) is 4.17. The fourth-order valence-corrected chi connectivity index (χ4v) is 2.92. The monoisotopic (exact) mass is 322 g/mol. The molecule has 0 aliphatic carbocycles. The number of sulfonamides is 1. The molecule has 0 amide bonds. The molecule has 8 nitrogen and oxygen atoms in total. The van der Waals surface area contributed by atoms with Crippen LogP contribution in [0.15, 0.2) is 23.1 Å².